The quantitative estimate of drug-likeness (QED) is 0.508. The van der Waals surface area contributed by atoms with Gasteiger partial charge in [-0.15, -0.1) is 0 Å². The second-order valence-corrected chi connectivity index (χ2v) is 10.2. The first-order valence-corrected chi connectivity index (χ1v) is 12.7. The fourth-order valence-corrected chi connectivity index (χ4v) is 5.28. The molecule has 1 amide bonds. The van der Waals surface area contributed by atoms with Crippen LogP contribution in [0.3, 0.4) is 0 Å². The predicted octanol–water partition coefficient (Wildman–Crippen LogP) is 4.43. The van der Waals surface area contributed by atoms with Crippen molar-refractivity contribution in [3.63, 3.8) is 0 Å². The standard InChI is InChI=1S/C27H32ClN5O3/c1-16-11-21-23(26(31-16)36-4)29-15-22(24(21)33-9-7-27(5-6-27)30-8-10-33)25(34)32-17(2)18-12-19(28)14-20(13-18)35-3/h11-15,17,30H,5-10H2,1-4H3,(H,32,34)/t17-/m0/s1. The number of anilines is 1. The number of rotatable bonds is 6. The van der Waals surface area contributed by atoms with Crippen LogP contribution in [0.1, 0.15) is 53.8 Å². The van der Waals surface area contributed by atoms with Crippen LogP contribution < -0.4 is 25.0 Å². The van der Waals surface area contributed by atoms with Crippen molar-refractivity contribution in [1.29, 1.82) is 0 Å². The zero-order valence-electron chi connectivity index (χ0n) is 21.2. The SMILES string of the molecule is COc1cc(Cl)cc([C@H](C)NC(=O)c2cnc3c(OC)nc(C)cc3c2N2CCNC3(CC2)CC3)c1. The number of hydrogen-bond donors (Lipinski definition) is 2. The van der Waals surface area contributed by atoms with E-state index in [0.29, 0.717) is 27.7 Å². The van der Waals surface area contributed by atoms with Gasteiger partial charge in [-0.3, -0.25) is 4.79 Å². The monoisotopic (exact) mass is 509 g/mol. The van der Waals surface area contributed by atoms with Crippen LogP contribution >= 0.6 is 11.6 Å². The summed E-state index contributed by atoms with van der Waals surface area (Å²) in [6.45, 7) is 6.38. The van der Waals surface area contributed by atoms with Crippen molar-refractivity contribution in [2.45, 2.75) is 44.7 Å². The maximum atomic E-state index is 13.7. The summed E-state index contributed by atoms with van der Waals surface area (Å²) in [7, 11) is 3.19. The normalized spacial score (nSPS) is 17.5. The van der Waals surface area contributed by atoms with E-state index in [2.05, 4.69) is 25.5 Å². The number of methoxy groups -OCH3 is 2. The highest BCUT2D eigenvalue weighted by atomic mass is 35.5. The van der Waals surface area contributed by atoms with Crippen molar-refractivity contribution >= 4 is 34.1 Å². The first-order chi connectivity index (χ1) is 17.3. The molecule has 3 heterocycles. The van der Waals surface area contributed by atoms with E-state index in [9.17, 15) is 4.79 Å². The van der Waals surface area contributed by atoms with Gasteiger partial charge in [0.2, 0.25) is 5.88 Å². The molecule has 8 nitrogen and oxygen atoms in total. The third-order valence-electron chi connectivity index (χ3n) is 7.25. The molecule has 0 radical (unpaired) electrons. The summed E-state index contributed by atoms with van der Waals surface area (Å²) in [6.07, 6.45) is 5.10. The fourth-order valence-electron chi connectivity index (χ4n) is 5.04. The van der Waals surface area contributed by atoms with E-state index in [1.54, 1.807) is 26.5 Å². The number of aromatic nitrogens is 2. The number of amides is 1. The zero-order chi connectivity index (χ0) is 25.4. The summed E-state index contributed by atoms with van der Waals surface area (Å²) >= 11 is 6.27. The van der Waals surface area contributed by atoms with Crippen molar-refractivity contribution in [3.8, 4) is 11.6 Å². The van der Waals surface area contributed by atoms with Crippen molar-refractivity contribution in [3.05, 3.63) is 52.3 Å². The van der Waals surface area contributed by atoms with Gasteiger partial charge in [0.15, 0.2) is 0 Å². The van der Waals surface area contributed by atoms with Crippen LogP contribution in [0.4, 0.5) is 5.69 Å². The van der Waals surface area contributed by atoms with Crippen molar-refractivity contribution < 1.29 is 14.3 Å². The summed E-state index contributed by atoms with van der Waals surface area (Å²) in [4.78, 5) is 25.2. The molecule has 1 atom stereocenters. The second kappa shape index (κ2) is 9.75. The second-order valence-electron chi connectivity index (χ2n) is 9.75. The first-order valence-electron chi connectivity index (χ1n) is 12.3. The van der Waals surface area contributed by atoms with Crippen molar-refractivity contribution in [1.82, 2.24) is 20.6 Å². The van der Waals surface area contributed by atoms with Gasteiger partial charge < -0.3 is 25.0 Å². The average molecular weight is 510 g/mol. The number of aryl methyl sites for hydroxylation is 1. The van der Waals surface area contributed by atoms with Crippen molar-refractivity contribution in [2.24, 2.45) is 0 Å². The molecule has 0 unspecified atom stereocenters. The summed E-state index contributed by atoms with van der Waals surface area (Å²) in [6, 6.07) is 7.17. The number of hydrogen-bond acceptors (Lipinski definition) is 7. The van der Waals surface area contributed by atoms with Crippen molar-refractivity contribution in [2.75, 3.05) is 38.8 Å². The Hall–Kier alpha value is -3.10. The van der Waals surface area contributed by atoms with Crippen LogP contribution in [-0.4, -0.2) is 55.3 Å². The van der Waals surface area contributed by atoms with Gasteiger partial charge in [-0.2, -0.15) is 0 Å². The van der Waals surface area contributed by atoms with Crippen LogP contribution in [0, 0.1) is 6.92 Å². The van der Waals surface area contributed by atoms with E-state index >= 15 is 0 Å². The molecule has 1 saturated carbocycles. The molecule has 190 valence electrons. The fraction of sp³-hybridized carbons (Fsp3) is 0.444. The number of fused-ring (bicyclic) bond motifs is 1. The van der Waals surface area contributed by atoms with Gasteiger partial charge in [0.05, 0.1) is 31.5 Å². The molecule has 2 N–H and O–H groups in total. The van der Waals surface area contributed by atoms with Gasteiger partial charge in [0.1, 0.15) is 11.3 Å². The summed E-state index contributed by atoms with van der Waals surface area (Å²) in [5.41, 5.74) is 3.99. The number of pyridine rings is 2. The van der Waals surface area contributed by atoms with E-state index in [1.807, 2.05) is 32.0 Å². The number of nitrogens with one attached hydrogen (secondary N) is 2. The number of ether oxygens (including phenoxy) is 2. The molecule has 1 aliphatic carbocycles. The Morgan fingerprint density at radius 1 is 1.17 bits per heavy atom. The lowest BCUT2D eigenvalue weighted by Gasteiger charge is -2.27. The number of benzene rings is 1. The van der Waals surface area contributed by atoms with Gasteiger partial charge in [0, 0.05) is 47.5 Å². The maximum absolute atomic E-state index is 13.7. The highest BCUT2D eigenvalue weighted by Gasteiger charge is 2.43. The lowest BCUT2D eigenvalue weighted by atomic mass is 10.0. The highest BCUT2D eigenvalue weighted by molar-refractivity contribution is 6.30. The number of halogens is 1. The molecule has 2 aliphatic rings. The number of nitrogens with zero attached hydrogens (tertiary/aromatic N) is 3. The van der Waals surface area contributed by atoms with E-state index in [1.165, 1.54) is 12.8 Å². The van der Waals surface area contributed by atoms with Crippen LogP contribution in [-0.2, 0) is 0 Å². The molecule has 9 heteroatoms. The summed E-state index contributed by atoms with van der Waals surface area (Å²) in [5, 5.41) is 8.28. The lowest BCUT2D eigenvalue weighted by molar-refractivity contribution is 0.0940. The number of carbonyl (C=O) groups is 1. The minimum atomic E-state index is -0.289. The predicted molar refractivity (Wildman–Crippen MR) is 142 cm³/mol. The molecule has 1 spiro atoms. The van der Waals surface area contributed by atoms with Crippen LogP contribution in [0.2, 0.25) is 5.02 Å². The minimum Gasteiger partial charge on any atom is -0.497 e. The Labute approximate surface area is 216 Å². The molecule has 2 fully saturated rings. The molecular formula is C27H32ClN5O3. The van der Waals surface area contributed by atoms with Gasteiger partial charge in [-0.05, 0) is 62.9 Å². The smallest absolute Gasteiger partial charge is 0.255 e. The van der Waals surface area contributed by atoms with Crippen LogP contribution in [0.15, 0.2) is 30.5 Å². The Morgan fingerprint density at radius 2 is 1.97 bits per heavy atom. The molecular weight excluding hydrogens is 478 g/mol. The molecule has 1 saturated heterocycles. The molecule has 5 rings (SSSR count). The van der Waals surface area contributed by atoms with Gasteiger partial charge in [0.25, 0.3) is 5.91 Å². The van der Waals surface area contributed by atoms with Gasteiger partial charge in [-0.1, -0.05) is 11.6 Å². The number of carbonyl (C=O) groups excluding carboxylic acids is 1. The summed E-state index contributed by atoms with van der Waals surface area (Å²) < 4.78 is 10.9. The molecule has 0 bridgehead atoms. The Morgan fingerprint density at radius 3 is 2.69 bits per heavy atom. The summed E-state index contributed by atoms with van der Waals surface area (Å²) in [5.74, 6) is 0.912. The zero-order valence-corrected chi connectivity index (χ0v) is 21.9. The largest absolute Gasteiger partial charge is 0.497 e. The highest BCUT2D eigenvalue weighted by Crippen LogP contribution is 2.41. The Bertz CT molecular complexity index is 1310. The molecule has 3 aromatic rings. The van der Waals surface area contributed by atoms with E-state index < -0.39 is 0 Å². The van der Waals surface area contributed by atoms with Crippen LogP contribution in [0.25, 0.3) is 10.9 Å². The molecule has 2 aromatic heterocycles. The Balaban J connectivity index is 1.54. The molecule has 36 heavy (non-hydrogen) atoms. The average Bonchev–Trinajstić information content (AvgIpc) is 3.67. The third kappa shape index (κ3) is 4.80. The van der Waals surface area contributed by atoms with E-state index in [4.69, 9.17) is 21.1 Å². The maximum Gasteiger partial charge on any atom is 0.255 e. The topological polar surface area (TPSA) is 88.6 Å². The third-order valence-corrected chi connectivity index (χ3v) is 7.47. The molecule has 1 aromatic carbocycles. The van der Waals surface area contributed by atoms with Crippen LogP contribution in [0.5, 0.6) is 11.6 Å². The first kappa shape index (κ1) is 24.6. The van der Waals surface area contributed by atoms with E-state index in [-0.39, 0.29) is 17.5 Å². The Kier molecular flexibility index (Phi) is 6.66. The van der Waals surface area contributed by atoms with E-state index in [0.717, 1.165) is 48.4 Å². The van der Waals surface area contributed by atoms with Gasteiger partial charge >= 0.3 is 0 Å². The minimum absolute atomic E-state index is 0.197. The molecule has 1 aliphatic heterocycles. The van der Waals surface area contributed by atoms with Gasteiger partial charge in [-0.25, -0.2) is 9.97 Å². The lowest BCUT2D eigenvalue weighted by Crippen LogP contribution is -2.33.